The number of hydrogen-bond donors (Lipinski definition) is 1. The molecule has 4 rings (SSSR count). The van der Waals surface area contributed by atoms with Gasteiger partial charge in [0, 0.05) is 42.8 Å². The van der Waals surface area contributed by atoms with E-state index in [1.165, 1.54) is 5.69 Å². The maximum Gasteiger partial charge on any atom is 0.227 e. The Labute approximate surface area is 194 Å². The number of nitrogens with zero attached hydrogens (tertiary/aromatic N) is 5. The average Bonchev–Trinajstić information content (AvgIpc) is 2.85. The summed E-state index contributed by atoms with van der Waals surface area (Å²) in [5.74, 6) is 1.08. The lowest BCUT2D eigenvalue weighted by atomic mass is 10.1. The van der Waals surface area contributed by atoms with Crippen molar-refractivity contribution in [2.75, 3.05) is 63.8 Å². The van der Waals surface area contributed by atoms with Crippen LogP contribution in [0.2, 0.25) is 0 Å². The molecule has 1 N–H and O–H groups in total. The molecule has 8 nitrogen and oxygen atoms in total. The van der Waals surface area contributed by atoms with E-state index >= 15 is 0 Å². The van der Waals surface area contributed by atoms with Crippen molar-refractivity contribution in [3.63, 3.8) is 0 Å². The van der Waals surface area contributed by atoms with Crippen LogP contribution in [0.25, 0.3) is 11.3 Å². The Morgan fingerprint density at radius 2 is 1.91 bits per heavy atom. The van der Waals surface area contributed by atoms with Gasteiger partial charge in [0.05, 0.1) is 24.5 Å². The minimum absolute atomic E-state index is 0.484. The first-order valence-electron chi connectivity index (χ1n) is 11.0. The maximum atomic E-state index is 9.57. The second-order valence-electron chi connectivity index (χ2n) is 8.01. The first-order chi connectivity index (χ1) is 16.1. The predicted octanol–water partition coefficient (Wildman–Crippen LogP) is 3.54. The van der Waals surface area contributed by atoms with Crippen LogP contribution in [0.5, 0.6) is 5.75 Å². The van der Waals surface area contributed by atoms with Crippen molar-refractivity contribution in [3.05, 3.63) is 60.3 Å². The highest BCUT2D eigenvalue weighted by atomic mass is 16.5. The summed E-state index contributed by atoms with van der Waals surface area (Å²) in [6, 6.07) is 17.8. The van der Waals surface area contributed by atoms with Crippen LogP contribution >= 0.6 is 0 Å². The fraction of sp³-hybridized carbons (Fsp3) is 0.320. The molecule has 1 fully saturated rings. The minimum atomic E-state index is 0.484. The summed E-state index contributed by atoms with van der Waals surface area (Å²) >= 11 is 0. The summed E-state index contributed by atoms with van der Waals surface area (Å²) in [7, 11) is 3.97. The van der Waals surface area contributed by atoms with Crippen LogP contribution in [0.15, 0.2) is 54.7 Å². The third kappa shape index (κ3) is 5.98. The number of aromatic nitrogens is 2. The Hall–Kier alpha value is -3.67. The summed E-state index contributed by atoms with van der Waals surface area (Å²) in [6.45, 7) is 4.63. The van der Waals surface area contributed by atoms with Crippen molar-refractivity contribution in [2.45, 2.75) is 0 Å². The Balaban J connectivity index is 1.46. The molecular formula is C25H28N6O2. The lowest BCUT2D eigenvalue weighted by Crippen LogP contribution is -2.36. The van der Waals surface area contributed by atoms with Gasteiger partial charge in [0.25, 0.3) is 0 Å². The van der Waals surface area contributed by atoms with E-state index in [2.05, 4.69) is 38.4 Å². The third-order valence-electron chi connectivity index (χ3n) is 5.35. The van der Waals surface area contributed by atoms with Crippen LogP contribution in [0.4, 0.5) is 17.3 Å². The van der Waals surface area contributed by atoms with E-state index in [0.717, 1.165) is 49.8 Å². The van der Waals surface area contributed by atoms with Gasteiger partial charge in [0.2, 0.25) is 5.95 Å². The monoisotopic (exact) mass is 444 g/mol. The van der Waals surface area contributed by atoms with E-state index in [1.807, 2.05) is 49.3 Å². The molecule has 1 saturated heterocycles. The molecule has 1 aliphatic rings. The molecule has 0 bridgehead atoms. The zero-order valence-electron chi connectivity index (χ0n) is 19.0. The highest BCUT2D eigenvalue weighted by molar-refractivity contribution is 5.66. The molecule has 2 aromatic carbocycles. The first-order valence-corrected chi connectivity index (χ1v) is 11.0. The molecule has 33 heavy (non-hydrogen) atoms. The van der Waals surface area contributed by atoms with Crippen LogP contribution in [0.1, 0.15) is 5.56 Å². The smallest absolute Gasteiger partial charge is 0.227 e. The van der Waals surface area contributed by atoms with Crippen molar-refractivity contribution in [1.29, 1.82) is 5.26 Å². The van der Waals surface area contributed by atoms with Crippen LogP contribution in [-0.4, -0.2) is 68.4 Å². The van der Waals surface area contributed by atoms with E-state index in [9.17, 15) is 5.26 Å². The summed E-state index contributed by atoms with van der Waals surface area (Å²) in [4.78, 5) is 13.3. The van der Waals surface area contributed by atoms with Crippen molar-refractivity contribution in [3.8, 4) is 23.1 Å². The fourth-order valence-corrected chi connectivity index (χ4v) is 3.53. The highest BCUT2D eigenvalue weighted by Gasteiger charge is 2.12. The molecule has 0 saturated carbocycles. The number of rotatable bonds is 8. The number of ether oxygens (including phenoxy) is 2. The SMILES string of the molecule is CN(C)CCOc1ccc(-c2ccnc(Nc3ccc(N4CCOCC4)cc3)n2)cc1C#N. The Morgan fingerprint density at radius 1 is 1.12 bits per heavy atom. The number of nitrogens with one attached hydrogen (secondary N) is 1. The zero-order valence-corrected chi connectivity index (χ0v) is 19.0. The van der Waals surface area contributed by atoms with Crippen LogP contribution in [0.3, 0.4) is 0 Å². The number of hydrogen-bond acceptors (Lipinski definition) is 8. The fourth-order valence-electron chi connectivity index (χ4n) is 3.53. The molecule has 1 aromatic heterocycles. The van der Waals surface area contributed by atoms with Gasteiger partial charge in [0.1, 0.15) is 18.4 Å². The summed E-state index contributed by atoms with van der Waals surface area (Å²) in [5, 5.41) is 12.8. The van der Waals surface area contributed by atoms with E-state index < -0.39 is 0 Å². The largest absolute Gasteiger partial charge is 0.491 e. The molecule has 3 aromatic rings. The van der Waals surface area contributed by atoms with Gasteiger partial charge < -0.3 is 24.6 Å². The molecule has 0 spiro atoms. The second kappa shape index (κ2) is 10.8. The molecule has 0 radical (unpaired) electrons. The number of morpholine rings is 1. The van der Waals surface area contributed by atoms with Crippen molar-refractivity contribution in [1.82, 2.24) is 14.9 Å². The topological polar surface area (TPSA) is 86.5 Å². The van der Waals surface area contributed by atoms with Crippen molar-refractivity contribution >= 4 is 17.3 Å². The molecule has 0 unspecified atom stereocenters. The van der Waals surface area contributed by atoms with Gasteiger partial charge in [-0.3, -0.25) is 0 Å². The summed E-state index contributed by atoms with van der Waals surface area (Å²) in [6.07, 6.45) is 1.71. The summed E-state index contributed by atoms with van der Waals surface area (Å²) < 4.78 is 11.2. The number of likely N-dealkylation sites (N-methyl/N-ethyl adjacent to an activating group) is 1. The Morgan fingerprint density at radius 3 is 2.64 bits per heavy atom. The van der Waals surface area contributed by atoms with Gasteiger partial charge in [-0.05, 0) is 62.6 Å². The maximum absolute atomic E-state index is 9.57. The number of benzene rings is 2. The van der Waals surface area contributed by atoms with Gasteiger partial charge in [-0.25, -0.2) is 9.97 Å². The average molecular weight is 445 g/mol. The molecule has 170 valence electrons. The lowest BCUT2D eigenvalue weighted by molar-refractivity contribution is 0.122. The van der Waals surface area contributed by atoms with E-state index in [-0.39, 0.29) is 0 Å². The Bertz CT molecular complexity index is 1100. The molecule has 0 atom stereocenters. The highest BCUT2D eigenvalue weighted by Crippen LogP contribution is 2.26. The number of anilines is 3. The van der Waals surface area contributed by atoms with Gasteiger partial charge in [-0.2, -0.15) is 5.26 Å². The second-order valence-corrected chi connectivity index (χ2v) is 8.01. The first kappa shape index (κ1) is 22.5. The van der Waals surface area contributed by atoms with E-state index in [1.54, 1.807) is 12.3 Å². The molecular weight excluding hydrogens is 416 g/mol. The lowest BCUT2D eigenvalue weighted by Gasteiger charge is -2.28. The molecule has 1 aliphatic heterocycles. The van der Waals surface area contributed by atoms with Crippen molar-refractivity contribution in [2.24, 2.45) is 0 Å². The van der Waals surface area contributed by atoms with Crippen LogP contribution in [-0.2, 0) is 4.74 Å². The van der Waals surface area contributed by atoms with Crippen molar-refractivity contribution < 1.29 is 9.47 Å². The summed E-state index contributed by atoms with van der Waals surface area (Å²) in [5.41, 5.74) is 4.13. The zero-order chi connectivity index (χ0) is 23.0. The normalized spacial score (nSPS) is 13.6. The van der Waals surface area contributed by atoms with Gasteiger partial charge in [0.15, 0.2) is 0 Å². The van der Waals surface area contributed by atoms with Crippen LogP contribution in [0, 0.1) is 11.3 Å². The molecule has 8 heteroatoms. The van der Waals surface area contributed by atoms with Gasteiger partial charge in [-0.15, -0.1) is 0 Å². The Kier molecular flexibility index (Phi) is 7.35. The molecule has 2 heterocycles. The van der Waals surface area contributed by atoms with Gasteiger partial charge >= 0.3 is 0 Å². The minimum Gasteiger partial charge on any atom is -0.491 e. The quantitative estimate of drug-likeness (QED) is 0.565. The third-order valence-corrected chi connectivity index (χ3v) is 5.35. The predicted molar refractivity (Wildman–Crippen MR) is 129 cm³/mol. The van der Waals surface area contributed by atoms with E-state index in [4.69, 9.17) is 9.47 Å². The molecule has 0 amide bonds. The van der Waals surface area contributed by atoms with Crippen LogP contribution < -0.4 is 15.0 Å². The van der Waals surface area contributed by atoms with E-state index in [0.29, 0.717) is 23.9 Å². The number of nitriles is 1. The molecule has 0 aliphatic carbocycles. The van der Waals surface area contributed by atoms with Gasteiger partial charge in [-0.1, -0.05) is 0 Å². The standard InChI is InChI=1S/C25H28N6O2/c1-30(2)11-16-33-24-8-3-19(17-20(24)18-26)23-9-10-27-25(29-23)28-21-4-6-22(7-5-21)31-12-14-32-15-13-31/h3-10,17H,11-16H2,1-2H3,(H,27,28,29).